The van der Waals surface area contributed by atoms with Gasteiger partial charge >= 0.3 is 0 Å². The first-order chi connectivity index (χ1) is 12.7. The Kier molecular flexibility index (Phi) is 7.43. The number of benzene rings is 1. The molecule has 0 radical (unpaired) electrons. The molecule has 2 unspecified atom stereocenters. The van der Waals surface area contributed by atoms with Crippen LogP contribution in [0.3, 0.4) is 0 Å². The fourth-order valence-corrected chi connectivity index (χ4v) is 4.22. The molecule has 26 heavy (non-hydrogen) atoms. The van der Waals surface area contributed by atoms with E-state index in [1.54, 1.807) is 18.7 Å². The van der Waals surface area contributed by atoms with E-state index in [9.17, 15) is 4.79 Å². The molecule has 1 aliphatic rings. The van der Waals surface area contributed by atoms with Crippen molar-refractivity contribution in [2.75, 3.05) is 18.5 Å². The summed E-state index contributed by atoms with van der Waals surface area (Å²) < 4.78 is 12.1. The van der Waals surface area contributed by atoms with Crippen molar-refractivity contribution in [1.82, 2.24) is 10.2 Å². The molecular weight excluding hydrogens is 370 g/mol. The van der Waals surface area contributed by atoms with Crippen LogP contribution in [0.25, 0.3) is 0 Å². The lowest BCUT2D eigenvalue weighted by molar-refractivity contribution is -0.130. The number of hydrogen-bond donors (Lipinski definition) is 1. The van der Waals surface area contributed by atoms with Gasteiger partial charge in [-0.2, -0.15) is 0 Å². The molecular formula is C18H23N3O3S2. The molecule has 2 aromatic rings. The normalized spacial score (nSPS) is 18.4. The second-order valence-electron chi connectivity index (χ2n) is 6.10. The minimum absolute atomic E-state index is 0.0986. The highest BCUT2D eigenvalue weighted by Crippen LogP contribution is 2.28. The number of aromatic nitrogens is 2. The molecule has 1 saturated heterocycles. The van der Waals surface area contributed by atoms with Gasteiger partial charge in [-0.15, -0.1) is 10.2 Å². The van der Waals surface area contributed by atoms with E-state index < -0.39 is 6.10 Å². The van der Waals surface area contributed by atoms with Crippen LogP contribution in [0.15, 0.2) is 34.7 Å². The van der Waals surface area contributed by atoms with Gasteiger partial charge in [-0.05, 0) is 31.7 Å². The van der Waals surface area contributed by atoms with Crippen molar-refractivity contribution >= 4 is 34.1 Å². The van der Waals surface area contributed by atoms with Crippen molar-refractivity contribution < 1.29 is 14.3 Å². The summed E-state index contributed by atoms with van der Waals surface area (Å²) in [6.07, 6.45) is 2.80. The third-order valence-electron chi connectivity index (χ3n) is 4.02. The Labute approximate surface area is 161 Å². The molecule has 6 nitrogen and oxygen atoms in total. The van der Waals surface area contributed by atoms with E-state index >= 15 is 0 Å². The van der Waals surface area contributed by atoms with E-state index in [1.807, 2.05) is 18.2 Å². The molecule has 2 atom stereocenters. The molecule has 140 valence electrons. The Morgan fingerprint density at radius 3 is 3.00 bits per heavy atom. The van der Waals surface area contributed by atoms with Gasteiger partial charge in [-0.3, -0.25) is 10.1 Å². The lowest BCUT2D eigenvalue weighted by Gasteiger charge is -2.23. The Morgan fingerprint density at radius 1 is 1.38 bits per heavy atom. The molecule has 0 spiro atoms. The van der Waals surface area contributed by atoms with Crippen molar-refractivity contribution in [3.63, 3.8) is 0 Å². The highest BCUT2D eigenvalue weighted by molar-refractivity contribution is 8.00. The van der Waals surface area contributed by atoms with Crippen LogP contribution in [0.5, 0.6) is 0 Å². The van der Waals surface area contributed by atoms with Crippen LogP contribution in [-0.2, 0) is 20.0 Å². The van der Waals surface area contributed by atoms with Gasteiger partial charge in [0.05, 0.1) is 12.7 Å². The topological polar surface area (TPSA) is 73.3 Å². The van der Waals surface area contributed by atoms with Crippen molar-refractivity contribution in [2.45, 2.75) is 48.5 Å². The van der Waals surface area contributed by atoms with Crippen molar-refractivity contribution in [3.8, 4) is 0 Å². The minimum atomic E-state index is -0.551. The molecule has 0 aliphatic carbocycles. The van der Waals surface area contributed by atoms with E-state index in [1.165, 1.54) is 16.9 Å². The number of hydrogen-bond acceptors (Lipinski definition) is 7. The monoisotopic (exact) mass is 393 g/mol. The maximum Gasteiger partial charge on any atom is 0.255 e. The maximum absolute atomic E-state index is 12.2. The van der Waals surface area contributed by atoms with Crippen LogP contribution in [0.1, 0.15) is 31.7 Å². The Hall–Kier alpha value is -1.48. The summed E-state index contributed by atoms with van der Waals surface area (Å²) in [5.41, 5.74) is 1.23. The van der Waals surface area contributed by atoms with Crippen molar-refractivity contribution in [2.24, 2.45) is 0 Å². The van der Waals surface area contributed by atoms with E-state index in [4.69, 9.17) is 9.47 Å². The highest BCUT2D eigenvalue weighted by atomic mass is 32.2. The number of carbonyl (C=O) groups is 1. The molecule has 1 fully saturated rings. The summed E-state index contributed by atoms with van der Waals surface area (Å²) >= 11 is 2.98. The Bertz CT molecular complexity index is 690. The quantitative estimate of drug-likeness (QED) is 0.544. The van der Waals surface area contributed by atoms with Gasteiger partial charge in [-0.1, -0.05) is 53.4 Å². The average Bonchev–Trinajstić information content (AvgIpc) is 3.13. The van der Waals surface area contributed by atoms with Crippen LogP contribution >= 0.6 is 23.1 Å². The second-order valence-corrected chi connectivity index (χ2v) is 8.30. The molecule has 1 amide bonds. The SMILES string of the molecule is CC(OCC1CCCCO1)C(=O)Nc1nnc(SCc2ccccc2)s1. The number of nitrogens with one attached hydrogen (secondary N) is 1. The number of anilines is 1. The summed E-state index contributed by atoms with van der Waals surface area (Å²) in [6.45, 7) is 2.97. The van der Waals surface area contributed by atoms with E-state index in [0.717, 1.165) is 36.0 Å². The minimum Gasteiger partial charge on any atom is -0.376 e. The molecule has 0 saturated carbocycles. The van der Waals surface area contributed by atoms with Gasteiger partial charge in [0.25, 0.3) is 5.91 Å². The molecule has 8 heteroatoms. The number of ether oxygens (including phenoxy) is 2. The fraction of sp³-hybridized carbons (Fsp3) is 0.500. The summed E-state index contributed by atoms with van der Waals surface area (Å²) in [4.78, 5) is 12.2. The summed E-state index contributed by atoms with van der Waals surface area (Å²) in [7, 11) is 0. The zero-order chi connectivity index (χ0) is 18.2. The van der Waals surface area contributed by atoms with Crippen LogP contribution in [0.4, 0.5) is 5.13 Å². The number of nitrogens with zero attached hydrogens (tertiary/aromatic N) is 2. The Morgan fingerprint density at radius 2 is 2.23 bits per heavy atom. The number of carbonyl (C=O) groups excluding carboxylic acids is 1. The first-order valence-corrected chi connectivity index (χ1v) is 10.5. The van der Waals surface area contributed by atoms with Gasteiger partial charge in [0.1, 0.15) is 6.10 Å². The third-order valence-corrected chi connectivity index (χ3v) is 6.06. The van der Waals surface area contributed by atoms with Gasteiger partial charge in [0, 0.05) is 12.4 Å². The predicted octanol–water partition coefficient (Wildman–Crippen LogP) is 3.74. The predicted molar refractivity (Wildman–Crippen MR) is 104 cm³/mol. The molecule has 1 N–H and O–H groups in total. The molecule has 1 aliphatic heterocycles. The maximum atomic E-state index is 12.2. The summed E-state index contributed by atoms with van der Waals surface area (Å²) in [5.74, 6) is 0.612. The number of amides is 1. The largest absolute Gasteiger partial charge is 0.376 e. The first-order valence-electron chi connectivity index (χ1n) is 8.75. The molecule has 3 rings (SSSR count). The zero-order valence-corrected chi connectivity index (χ0v) is 16.4. The second kappa shape index (κ2) is 10.0. The van der Waals surface area contributed by atoms with Crippen molar-refractivity contribution in [3.05, 3.63) is 35.9 Å². The van der Waals surface area contributed by atoms with Gasteiger partial charge in [0.2, 0.25) is 5.13 Å². The smallest absolute Gasteiger partial charge is 0.255 e. The highest BCUT2D eigenvalue weighted by Gasteiger charge is 2.20. The molecule has 2 heterocycles. The summed E-state index contributed by atoms with van der Waals surface area (Å²) in [6, 6.07) is 10.2. The molecule has 1 aromatic carbocycles. The summed E-state index contributed by atoms with van der Waals surface area (Å²) in [5, 5.41) is 11.4. The van der Waals surface area contributed by atoms with E-state index in [2.05, 4.69) is 27.6 Å². The molecule has 1 aromatic heterocycles. The van der Waals surface area contributed by atoms with Crippen molar-refractivity contribution in [1.29, 1.82) is 0 Å². The third kappa shape index (κ3) is 6.05. The van der Waals surface area contributed by atoms with Crippen LogP contribution < -0.4 is 5.32 Å². The van der Waals surface area contributed by atoms with Crippen LogP contribution in [0, 0.1) is 0 Å². The van der Waals surface area contributed by atoms with Crippen LogP contribution in [-0.4, -0.2) is 41.5 Å². The lowest BCUT2D eigenvalue weighted by Crippen LogP contribution is -2.32. The van der Waals surface area contributed by atoms with E-state index in [0.29, 0.717) is 11.7 Å². The number of thioether (sulfide) groups is 1. The van der Waals surface area contributed by atoms with E-state index in [-0.39, 0.29) is 12.0 Å². The average molecular weight is 394 g/mol. The fourth-order valence-electron chi connectivity index (χ4n) is 2.51. The van der Waals surface area contributed by atoms with Gasteiger partial charge < -0.3 is 9.47 Å². The number of rotatable bonds is 8. The Balaban J connectivity index is 1.41. The van der Waals surface area contributed by atoms with Crippen LogP contribution in [0.2, 0.25) is 0 Å². The standard InChI is InChI=1S/C18H23N3O3S2/c1-13(24-11-15-9-5-6-10-23-15)16(22)19-17-20-21-18(26-17)25-12-14-7-3-2-4-8-14/h2-4,7-8,13,15H,5-6,9-12H2,1H3,(H,19,20,22). The lowest BCUT2D eigenvalue weighted by atomic mass is 10.1. The molecule has 0 bridgehead atoms. The van der Waals surface area contributed by atoms with Gasteiger partial charge in [0.15, 0.2) is 4.34 Å². The zero-order valence-electron chi connectivity index (χ0n) is 14.7. The van der Waals surface area contributed by atoms with Gasteiger partial charge in [-0.25, -0.2) is 0 Å². The first kappa shape index (κ1) is 19.3.